The standard InChI is InChI=1S/C28H27ClN4O4S/c1-32-23-11-18(12-30-8-6-24(34)19-7-9-38-16-19)10-21-26(23)33(15-25(32)35)14-22(27(21)36)28(37)31-13-17-2-4-20(29)5-3-17/h2-5,7,9-11,14,16,24,30,34H,6,8,12-13,15H2,1H3,(H,31,37)/t24-/m0/s1. The number of likely N-dealkylation sites (N-methyl/N-ethyl adjacent to an activating group) is 1. The number of pyridine rings is 1. The summed E-state index contributed by atoms with van der Waals surface area (Å²) < 4.78 is 1.68. The second-order valence-corrected chi connectivity index (χ2v) is 10.5. The van der Waals surface area contributed by atoms with Crippen LogP contribution < -0.4 is 21.0 Å². The SMILES string of the molecule is CN1C(=O)Cn2cc(C(=O)NCc3ccc(Cl)cc3)c(=O)c3cc(CNCC[C@H](O)c4ccsc4)cc1c32. The summed E-state index contributed by atoms with van der Waals surface area (Å²) in [4.78, 5) is 40.8. The van der Waals surface area contributed by atoms with E-state index in [2.05, 4.69) is 10.6 Å². The Morgan fingerprint density at radius 2 is 1.92 bits per heavy atom. The first-order valence-electron chi connectivity index (χ1n) is 12.2. The fourth-order valence-corrected chi connectivity index (χ4v) is 5.42. The molecule has 38 heavy (non-hydrogen) atoms. The van der Waals surface area contributed by atoms with Gasteiger partial charge in [0.2, 0.25) is 11.3 Å². The highest BCUT2D eigenvalue weighted by Gasteiger charge is 2.26. The van der Waals surface area contributed by atoms with Crippen molar-refractivity contribution in [1.29, 1.82) is 0 Å². The number of nitrogens with one attached hydrogen (secondary N) is 2. The van der Waals surface area contributed by atoms with Crippen molar-refractivity contribution in [3.63, 3.8) is 0 Å². The topological polar surface area (TPSA) is 104 Å². The van der Waals surface area contributed by atoms with Crippen LogP contribution in [-0.4, -0.2) is 35.1 Å². The van der Waals surface area contributed by atoms with Gasteiger partial charge in [0.1, 0.15) is 12.1 Å². The van der Waals surface area contributed by atoms with Gasteiger partial charge in [-0.2, -0.15) is 11.3 Å². The quantitative estimate of drug-likeness (QED) is 0.275. The van der Waals surface area contributed by atoms with E-state index in [1.165, 1.54) is 6.20 Å². The molecular weight excluding hydrogens is 524 g/mol. The van der Waals surface area contributed by atoms with E-state index >= 15 is 0 Å². The molecular formula is C28H27ClN4O4S. The van der Waals surface area contributed by atoms with Crippen molar-refractivity contribution in [2.45, 2.75) is 32.2 Å². The van der Waals surface area contributed by atoms with Gasteiger partial charge in [0.15, 0.2) is 0 Å². The van der Waals surface area contributed by atoms with E-state index in [0.717, 1.165) is 16.7 Å². The average molecular weight is 551 g/mol. The second-order valence-electron chi connectivity index (χ2n) is 9.31. The number of hydrogen-bond acceptors (Lipinski definition) is 6. The van der Waals surface area contributed by atoms with Gasteiger partial charge in [0.25, 0.3) is 5.91 Å². The summed E-state index contributed by atoms with van der Waals surface area (Å²) in [6.45, 7) is 1.28. The van der Waals surface area contributed by atoms with Gasteiger partial charge in [-0.1, -0.05) is 23.7 Å². The lowest BCUT2D eigenvalue weighted by molar-refractivity contribution is -0.119. The molecule has 0 unspecified atom stereocenters. The van der Waals surface area contributed by atoms with Crippen molar-refractivity contribution in [2.75, 3.05) is 18.5 Å². The number of rotatable bonds is 9. The molecule has 1 atom stereocenters. The van der Waals surface area contributed by atoms with Crippen LogP contribution in [0.2, 0.25) is 5.02 Å². The number of aliphatic hydroxyl groups excluding tert-OH is 1. The van der Waals surface area contributed by atoms with E-state index in [-0.39, 0.29) is 30.0 Å². The van der Waals surface area contributed by atoms with E-state index in [0.29, 0.717) is 41.1 Å². The second kappa shape index (κ2) is 11.1. The van der Waals surface area contributed by atoms with Crippen LogP contribution >= 0.6 is 22.9 Å². The number of thiophene rings is 1. The predicted octanol–water partition coefficient (Wildman–Crippen LogP) is 3.84. The minimum Gasteiger partial charge on any atom is -0.388 e. The van der Waals surface area contributed by atoms with Crippen molar-refractivity contribution in [2.24, 2.45) is 0 Å². The lowest BCUT2D eigenvalue weighted by Crippen LogP contribution is -2.37. The number of nitrogens with zero attached hydrogens (tertiary/aromatic N) is 2. The Hall–Kier alpha value is -3.50. The molecule has 196 valence electrons. The number of aromatic nitrogens is 1. The zero-order valence-electron chi connectivity index (χ0n) is 20.7. The summed E-state index contributed by atoms with van der Waals surface area (Å²) in [6.07, 6.45) is 1.47. The van der Waals surface area contributed by atoms with Gasteiger partial charge >= 0.3 is 0 Å². The summed E-state index contributed by atoms with van der Waals surface area (Å²) in [5.41, 5.74) is 3.40. The molecule has 2 aromatic carbocycles. The van der Waals surface area contributed by atoms with Gasteiger partial charge < -0.3 is 25.2 Å². The third-order valence-electron chi connectivity index (χ3n) is 6.71. The average Bonchev–Trinajstić information content (AvgIpc) is 3.46. The normalized spacial score (nSPS) is 13.7. The van der Waals surface area contributed by atoms with Crippen LogP contribution in [0.15, 0.2) is 64.2 Å². The van der Waals surface area contributed by atoms with E-state index in [4.69, 9.17) is 11.6 Å². The first-order chi connectivity index (χ1) is 18.3. The molecule has 0 bridgehead atoms. The number of halogens is 1. The Morgan fingerprint density at radius 1 is 1.13 bits per heavy atom. The number of hydrogen-bond donors (Lipinski definition) is 3. The lowest BCUT2D eigenvalue weighted by atomic mass is 10.0. The molecule has 4 aromatic rings. The molecule has 10 heteroatoms. The van der Waals surface area contributed by atoms with Gasteiger partial charge in [-0.3, -0.25) is 14.4 Å². The van der Waals surface area contributed by atoms with Crippen LogP contribution in [0, 0.1) is 0 Å². The molecule has 1 aliphatic rings. The molecule has 3 N–H and O–H groups in total. The smallest absolute Gasteiger partial charge is 0.257 e. The number of anilines is 1. The molecule has 0 fully saturated rings. The van der Waals surface area contributed by atoms with Crippen molar-refractivity contribution in [1.82, 2.24) is 15.2 Å². The molecule has 0 spiro atoms. The highest BCUT2D eigenvalue weighted by Crippen LogP contribution is 2.31. The Kier molecular flexibility index (Phi) is 7.62. The minimum atomic E-state index is -0.545. The van der Waals surface area contributed by atoms with Crippen LogP contribution in [-0.2, 0) is 24.4 Å². The van der Waals surface area contributed by atoms with Gasteiger partial charge in [-0.25, -0.2) is 0 Å². The van der Waals surface area contributed by atoms with Crippen molar-refractivity contribution in [3.8, 4) is 0 Å². The first-order valence-corrected chi connectivity index (χ1v) is 13.5. The Labute approximate surface area is 228 Å². The lowest BCUT2D eigenvalue weighted by Gasteiger charge is -2.28. The summed E-state index contributed by atoms with van der Waals surface area (Å²) in [5, 5.41) is 21.3. The minimum absolute atomic E-state index is 0.0150. The van der Waals surface area contributed by atoms with E-state index in [1.54, 1.807) is 58.2 Å². The summed E-state index contributed by atoms with van der Waals surface area (Å²) in [7, 11) is 1.69. The van der Waals surface area contributed by atoms with Gasteiger partial charge in [-0.05, 0) is 70.7 Å². The highest BCUT2D eigenvalue weighted by atomic mass is 35.5. The Balaban J connectivity index is 1.39. The molecule has 2 aromatic heterocycles. The zero-order chi connectivity index (χ0) is 26.8. The van der Waals surface area contributed by atoms with Crippen LogP contribution in [0.3, 0.4) is 0 Å². The summed E-state index contributed by atoms with van der Waals surface area (Å²) >= 11 is 7.48. The molecule has 0 saturated heterocycles. The third-order valence-corrected chi connectivity index (χ3v) is 7.67. The van der Waals surface area contributed by atoms with E-state index in [9.17, 15) is 19.5 Å². The number of carbonyl (C=O) groups excluding carboxylic acids is 2. The van der Waals surface area contributed by atoms with Crippen LogP contribution in [0.4, 0.5) is 5.69 Å². The van der Waals surface area contributed by atoms with Gasteiger partial charge in [-0.15, -0.1) is 0 Å². The third kappa shape index (κ3) is 5.37. The van der Waals surface area contributed by atoms with E-state index in [1.807, 2.05) is 22.9 Å². The van der Waals surface area contributed by atoms with Crippen molar-refractivity contribution >= 4 is 51.3 Å². The number of benzene rings is 2. The zero-order valence-corrected chi connectivity index (χ0v) is 22.3. The molecule has 0 radical (unpaired) electrons. The molecule has 5 rings (SSSR count). The summed E-state index contributed by atoms with van der Waals surface area (Å²) in [5.74, 6) is -0.645. The molecule has 3 heterocycles. The van der Waals surface area contributed by atoms with Crippen LogP contribution in [0.25, 0.3) is 10.9 Å². The van der Waals surface area contributed by atoms with Crippen LogP contribution in [0.1, 0.15) is 39.6 Å². The molecule has 1 aliphatic heterocycles. The van der Waals surface area contributed by atoms with Crippen molar-refractivity contribution < 1.29 is 14.7 Å². The maximum Gasteiger partial charge on any atom is 0.257 e. The van der Waals surface area contributed by atoms with Crippen LogP contribution in [0.5, 0.6) is 0 Å². The fourth-order valence-electron chi connectivity index (χ4n) is 4.59. The molecule has 0 saturated carbocycles. The largest absolute Gasteiger partial charge is 0.388 e. The Morgan fingerprint density at radius 3 is 2.66 bits per heavy atom. The van der Waals surface area contributed by atoms with Gasteiger partial charge in [0, 0.05) is 36.7 Å². The first kappa shape index (κ1) is 26.1. The predicted molar refractivity (Wildman–Crippen MR) is 150 cm³/mol. The maximum atomic E-state index is 13.5. The molecule has 2 amide bonds. The molecule has 0 aliphatic carbocycles. The highest BCUT2D eigenvalue weighted by molar-refractivity contribution is 7.07. The van der Waals surface area contributed by atoms with Gasteiger partial charge in [0.05, 0.1) is 17.3 Å². The number of aliphatic hydroxyl groups is 1. The van der Waals surface area contributed by atoms with E-state index < -0.39 is 12.0 Å². The maximum absolute atomic E-state index is 13.5. The summed E-state index contributed by atoms with van der Waals surface area (Å²) in [6, 6.07) is 12.7. The fraction of sp³-hybridized carbons (Fsp3) is 0.250. The number of amides is 2. The van der Waals surface area contributed by atoms with Crippen molar-refractivity contribution in [3.05, 3.63) is 96.9 Å². The molecule has 8 nitrogen and oxygen atoms in total. The number of carbonyl (C=O) groups is 2. The Bertz CT molecular complexity index is 1550. The monoisotopic (exact) mass is 550 g/mol.